The number of hydrogen-bond acceptors (Lipinski definition) is 10. The van der Waals surface area contributed by atoms with Gasteiger partial charge >= 0.3 is 19.4 Å². The van der Waals surface area contributed by atoms with Gasteiger partial charge in [-0.2, -0.15) is 9.48 Å². The van der Waals surface area contributed by atoms with E-state index >= 15 is 0 Å². The van der Waals surface area contributed by atoms with E-state index in [1.807, 2.05) is 0 Å². The number of nitrogens with zero attached hydrogens (tertiary/aromatic N) is 1. The van der Waals surface area contributed by atoms with E-state index in [0.29, 0.717) is 10.8 Å². The van der Waals surface area contributed by atoms with Gasteiger partial charge < -0.3 is 24.8 Å². The first-order valence-electron chi connectivity index (χ1n) is 11.9. The van der Waals surface area contributed by atoms with Crippen LogP contribution in [0.15, 0.2) is 46.1 Å². The molecule has 0 bridgehead atoms. The number of H-pyrrole nitrogens is 1. The Labute approximate surface area is 221 Å². The third-order valence-electron chi connectivity index (χ3n) is 5.81. The number of nitrogens with one attached hydrogen (secondary N) is 2. The second-order valence-electron chi connectivity index (χ2n) is 9.34. The van der Waals surface area contributed by atoms with E-state index in [4.69, 9.17) is 24.3 Å². The molecule has 39 heavy (non-hydrogen) atoms. The zero-order valence-corrected chi connectivity index (χ0v) is 22.5. The fraction of sp³-hybridized carbons (Fsp3) is 0.522. The van der Waals surface area contributed by atoms with Crippen molar-refractivity contribution in [3.63, 3.8) is 0 Å². The molecule has 0 aliphatic carbocycles. The van der Waals surface area contributed by atoms with Crippen LogP contribution in [-0.4, -0.2) is 63.3 Å². The molecule has 0 radical (unpaired) electrons. The minimum Gasteiger partial charge on any atom is -0.462 e. The molecule has 1 aromatic heterocycles. The predicted molar refractivity (Wildman–Crippen MR) is 133 cm³/mol. The average molecular weight is 576 g/mol. The monoisotopic (exact) mass is 576 g/mol. The van der Waals surface area contributed by atoms with Crippen molar-refractivity contribution in [1.82, 2.24) is 14.6 Å². The Morgan fingerprint density at radius 3 is 2.51 bits per heavy atom. The lowest BCUT2D eigenvalue weighted by Crippen LogP contribution is -2.58. The van der Waals surface area contributed by atoms with E-state index in [1.165, 1.54) is 26.0 Å². The van der Waals surface area contributed by atoms with Crippen molar-refractivity contribution in [1.29, 1.82) is 0 Å². The van der Waals surface area contributed by atoms with Gasteiger partial charge in [-0.25, -0.2) is 13.8 Å². The van der Waals surface area contributed by atoms with Gasteiger partial charge in [-0.1, -0.05) is 18.2 Å². The predicted octanol–water partition coefficient (Wildman–Crippen LogP) is 1.12. The van der Waals surface area contributed by atoms with Gasteiger partial charge in [0.2, 0.25) is 5.82 Å². The van der Waals surface area contributed by atoms with Gasteiger partial charge in [0.25, 0.3) is 5.56 Å². The van der Waals surface area contributed by atoms with Gasteiger partial charge in [0.1, 0.15) is 36.2 Å². The number of benzene rings is 1. The normalized spacial score (nSPS) is 26.1. The molecule has 7 atom stereocenters. The third kappa shape index (κ3) is 6.80. The summed E-state index contributed by atoms with van der Waals surface area (Å²) < 4.78 is 64.4. The van der Waals surface area contributed by atoms with E-state index in [-0.39, 0.29) is 5.75 Å². The van der Waals surface area contributed by atoms with Crippen LogP contribution >= 0.6 is 7.75 Å². The van der Waals surface area contributed by atoms with Gasteiger partial charge in [0.05, 0.1) is 18.4 Å². The zero-order chi connectivity index (χ0) is 29.1. The average Bonchev–Trinajstić information content (AvgIpc) is 3.12. The number of carbonyl (C=O) groups excluding carboxylic acids is 1. The molecule has 216 valence electrons. The summed E-state index contributed by atoms with van der Waals surface area (Å²) in [6.07, 6.45) is -6.58. The Morgan fingerprint density at radius 1 is 1.28 bits per heavy atom. The summed E-state index contributed by atoms with van der Waals surface area (Å²) >= 11 is 0. The first kappa shape index (κ1) is 30.6. The van der Waals surface area contributed by atoms with Crippen LogP contribution in [-0.2, 0) is 23.4 Å². The standard InChI is InChI=1S/C23H31F2N4O9P/c1-12(2)35-20(32)13(3)28-39(34,38-15-8-6-5-7-9-15)37-14(4)17-18(30)23(26,11-24)21(36-17)29-10-16(25)19(31)27-22(29)33/h5-10,12-14,17-18,21,30H,11,26H2,1-4H3,(H,28,34)(H,27,31,33)/t13-,14+,17+,18?,21+,23+,39-/m0/s1. The van der Waals surface area contributed by atoms with Crippen LogP contribution in [0.2, 0.25) is 0 Å². The van der Waals surface area contributed by atoms with Crippen LogP contribution in [0.5, 0.6) is 5.75 Å². The maximum absolute atomic E-state index is 14.2. The summed E-state index contributed by atoms with van der Waals surface area (Å²) in [6.45, 7) is 4.47. The molecular formula is C23H31F2N4O9P. The molecule has 1 saturated heterocycles. The van der Waals surface area contributed by atoms with Crippen LogP contribution in [0.1, 0.15) is 33.9 Å². The van der Waals surface area contributed by atoms with E-state index in [1.54, 1.807) is 37.0 Å². The largest absolute Gasteiger partial charge is 0.462 e. The lowest BCUT2D eigenvalue weighted by molar-refractivity contribution is -0.149. The summed E-state index contributed by atoms with van der Waals surface area (Å²) in [5, 5.41) is 13.4. The smallest absolute Gasteiger partial charge is 0.459 e. The highest BCUT2D eigenvalue weighted by molar-refractivity contribution is 7.52. The highest BCUT2D eigenvalue weighted by atomic mass is 31.2. The van der Waals surface area contributed by atoms with Crippen molar-refractivity contribution in [2.24, 2.45) is 5.73 Å². The highest BCUT2D eigenvalue weighted by Crippen LogP contribution is 2.48. The van der Waals surface area contributed by atoms with Crippen molar-refractivity contribution < 1.29 is 41.8 Å². The molecule has 2 aromatic rings. The number of halogens is 2. The molecule has 1 fully saturated rings. The maximum atomic E-state index is 14.2. The maximum Gasteiger partial charge on any atom is 0.459 e. The number of ether oxygens (including phenoxy) is 2. The molecule has 1 aliphatic heterocycles. The second-order valence-corrected chi connectivity index (χ2v) is 11.0. The number of hydrogen-bond donors (Lipinski definition) is 4. The molecular weight excluding hydrogens is 545 g/mol. The van der Waals surface area contributed by atoms with E-state index in [2.05, 4.69) is 5.09 Å². The Morgan fingerprint density at radius 2 is 1.92 bits per heavy atom. The second kappa shape index (κ2) is 12.1. The molecule has 1 aromatic carbocycles. The molecule has 0 saturated carbocycles. The first-order chi connectivity index (χ1) is 18.2. The molecule has 1 unspecified atom stereocenters. The summed E-state index contributed by atoms with van der Waals surface area (Å²) in [7, 11) is -4.45. The van der Waals surface area contributed by atoms with Crippen LogP contribution in [0.25, 0.3) is 0 Å². The summed E-state index contributed by atoms with van der Waals surface area (Å²) in [5.74, 6) is -2.04. The number of esters is 1. The molecule has 0 amide bonds. The van der Waals surface area contributed by atoms with Crippen LogP contribution in [0.3, 0.4) is 0 Å². The van der Waals surface area contributed by atoms with E-state index in [9.17, 15) is 32.8 Å². The van der Waals surface area contributed by atoms with Crippen molar-refractivity contribution in [2.75, 3.05) is 6.67 Å². The number of nitrogens with two attached hydrogens (primary N) is 1. The molecule has 3 rings (SSSR count). The van der Waals surface area contributed by atoms with Crippen molar-refractivity contribution in [3.8, 4) is 5.75 Å². The molecule has 13 nitrogen and oxygen atoms in total. The topological polar surface area (TPSA) is 184 Å². The van der Waals surface area contributed by atoms with E-state index < -0.39 is 79.7 Å². The number of rotatable bonds is 11. The first-order valence-corrected chi connectivity index (χ1v) is 13.5. The SMILES string of the molecule is CC(C)OC(=O)[C@H](C)N[P@@](=O)(Oc1ccccc1)O[C@H](C)[C@H]1O[C@@H](n2cc(F)c(=O)[nH]c2=O)[C@@](N)(CF)C1O. The number of aromatic amines is 1. The van der Waals surface area contributed by atoms with E-state index in [0.717, 1.165) is 0 Å². The fourth-order valence-electron chi connectivity index (χ4n) is 3.88. The Bertz CT molecular complexity index is 1320. The summed E-state index contributed by atoms with van der Waals surface area (Å²) in [5.41, 5.74) is 1.27. The van der Waals surface area contributed by atoms with Gasteiger partial charge in [0, 0.05) is 0 Å². The number of alkyl halides is 1. The molecule has 5 N–H and O–H groups in total. The van der Waals surface area contributed by atoms with Gasteiger partial charge in [-0.3, -0.25) is 23.7 Å². The number of carbonyl (C=O) groups is 1. The van der Waals surface area contributed by atoms with Crippen molar-refractivity contribution in [3.05, 3.63) is 63.2 Å². The summed E-state index contributed by atoms with van der Waals surface area (Å²) in [4.78, 5) is 37.8. The number of aromatic nitrogens is 2. The Balaban J connectivity index is 1.91. The fourth-order valence-corrected chi connectivity index (χ4v) is 5.57. The zero-order valence-electron chi connectivity index (χ0n) is 21.6. The minimum atomic E-state index is -4.45. The third-order valence-corrected chi connectivity index (χ3v) is 7.57. The molecule has 2 heterocycles. The Kier molecular flexibility index (Phi) is 9.47. The lowest BCUT2D eigenvalue weighted by atomic mass is 9.91. The van der Waals surface area contributed by atoms with Crippen LogP contribution in [0.4, 0.5) is 8.78 Å². The molecule has 0 spiro atoms. The van der Waals surface area contributed by atoms with Crippen LogP contribution in [0, 0.1) is 5.82 Å². The van der Waals surface area contributed by atoms with Gasteiger partial charge in [-0.05, 0) is 39.8 Å². The number of para-hydroxylation sites is 1. The number of aliphatic hydroxyl groups is 1. The summed E-state index contributed by atoms with van der Waals surface area (Å²) in [6, 6.07) is 6.64. The van der Waals surface area contributed by atoms with Crippen LogP contribution < -0.4 is 26.6 Å². The molecule has 16 heteroatoms. The lowest BCUT2D eigenvalue weighted by Gasteiger charge is -2.31. The van der Waals surface area contributed by atoms with Gasteiger partial charge in [0.15, 0.2) is 6.23 Å². The molecule has 1 aliphatic rings. The quantitative estimate of drug-likeness (QED) is 0.222. The van der Waals surface area contributed by atoms with Crippen molar-refractivity contribution in [2.45, 2.75) is 69.9 Å². The van der Waals surface area contributed by atoms with Gasteiger partial charge in [-0.15, -0.1) is 0 Å². The minimum absolute atomic E-state index is 0.0999. The Hall–Kier alpha value is -2.94. The number of aliphatic hydroxyl groups excluding tert-OH is 1. The van der Waals surface area contributed by atoms with Crippen molar-refractivity contribution >= 4 is 13.7 Å². The highest BCUT2D eigenvalue weighted by Gasteiger charge is 2.58.